The molecule has 3 heteroatoms. The van der Waals surface area contributed by atoms with E-state index in [0.29, 0.717) is 12.0 Å². The third kappa shape index (κ3) is 2.01. The van der Waals surface area contributed by atoms with Crippen molar-refractivity contribution in [2.45, 2.75) is 44.1 Å². The van der Waals surface area contributed by atoms with Crippen LogP contribution in [-0.2, 0) is 6.42 Å². The van der Waals surface area contributed by atoms with E-state index >= 15 is 0 Å². The molecule has 1 fully saturated rings. The lowest BCUT2D eigenvalue weighted by atomic mass is 9.78. The summed E-state index contributed by atoms with van der Waals surface area (Å²) >= 11 is 0. The summed E-state index contributed by atoms with van der Waals surface area (Å²) in [6, 6.07) is 9.44. The highest BCUT2D eigenvalue weighted by atomic mass is 15.2. The van der Waals surface area contributed by atoms with E-state index in [1.807, 2.05) is 6.20 Å². The SMILES string of the molecule is c1ccc2c(c1)CC2CNc1nccn1C1CCCC1. The van der Waals surface area contributed by atoms with Gasteiger partial charge in [-0.2, -0.15) is 0 Å². The van der Waals surface area contributed by atoms with Crippen LogP contribution < -0.4 is 5.32 Å². The average molecular weight is 267 g/mol. The van der Waals surface area contributed by atoms with Crippen LogP contribution in [0.3, 0.4) is 0 Å². The quantitative estimate of drug-likeness (QED) is 0.914. The first-order chi connectivity index (χ1) is 9.92. The molecule has 20 heavy (non-hydrogen) atoms. The van der Waals surface area contributed by atoms with Crippen molar-refractivity contribution in [3.63, 3.8) is 0 Å². The van der Waals surface area contributed by atoms with E-state index in [-0.39, 0.29) is 0 Å². The molecule has 1 saturated carbocycles. The number of fused-ring (bicyclic) bond motifs is 1. The van der Waals surface area contributed by atoms with Crippen LogP contribution in [-0.4, -0.2) is 16.1 Å². The second kappa shape index (κ2) is 4.97. The number of aromatic nitrogens is 2. The molecular weight excluding hydrogens is 246 g/mol. The molecule has 0 amide bonds. The number of nitrogens with zero attached hydrogens (tertiary/aromatic N) is 2. The van der Waals surface area contributed by atoms with Crippen molar-refractivity contribution in [1.82, 2.24) is 9.55 Å². The van der Waals surface area contributed by atoms with Gasteiger partial charge in [-0.25, -0.2) is 4.98 Å². The summed E-state index contributed by atoms with van der Waals surface area (Å²) in [6.45, 7) is 1.00. The smallest absolute Gasteiger partial charge is 0.203 e. The first-order valence-electron chi connectivity index (χ1n) is 7.76. The highest BCUT2D eigenvalue weighted by Crippen LogP contribution is 2.35. The fourth-order valence-corrected chi connectivity index (χ4v) is 3.69. The number of anilines is 1. The summed E-state index contributed by atoms with van der Waals surface area (Å²) in [4.78, 5) is 4.50. The Labute approximate surface area is 120 Å². The van der Waals surface area contributed by atoms with Crippen LogP contribution in [0.1, 0.15) is 48.8 Å². The van der Waals surface area contributed by atoms with Crippen LogP contribution >= 0.6 is 0 Å². The molecule has 2 aromatic rings. The molecule has 1 heterocycles. The van der Waals surface area contributed by atoms with Gasteiger partial charge in [0.2, 0.25) is 5.95 Å². The molecule has 0 radical (unpaired) electrons. The second-order valence-electron chi connectivity index (χ2n) is 6.08. The zero-order chi connectivity index (χ0) is 13.4. The fourth-order valence-electron chi connectivity index (χ4n) is 3.69. The Morgan fingerprint density at radius 3 is 2.90 bits per heavy atom. The highest BCUT2D eigenvalue weighted by molar-refractivity contribution is 5.42. The molecule has 3 nitrogen and oxygen atoms in total. The van der Waals surface area contributed by atoms with Gasteiger partial charge in [-0.15, -0.1) is 0 Å². The number of hydrogen-bond acceptors (Lipinski definition) is 2. The van der Waals surface area contributed by atoms with E-state index in [1.54, 1.807) is 0 Å². The van der Waals surface area contributed by atoms with Gasteiger partial charge in [0.15, 0.2) is 0 Å². The first kappa shape index (κ1) is 12.0. The minimum Gasteiger partial charge on any atom is -0.355 e. The summed E-state index contributed by atoms with van der Waals surface area (Å²) < 4.78 is 2.34. The molecule has 0 saturated heterocycles. The van der Waals surface area contributed by atoms with Crippen LogP contribution in [0.5, 0.6) is 0 Å². The van der Waals surface area contributed by atoms with Gasteiger partial charge in [-0.05, 0) is 30.4 Å². The van der Waals surface area contributed by atoms with Gasteiger partial charge in [0.1, 0.15) is 0 Å². The summed E-state index contributed by atoms with van der Waals surface area (Å²) in [5.74, 6) is 1.71. The maximum Gasteiger partial charge on any atom is 0.203 e. The van der Waals surface area contributed by atoms with Crippen molar-refractivity contribution in [2.75, 3.05) is 11.9 Å². The summed E-state index contributed by atoms with van der Waals surface area (Å²) in [6.07, 6.45) is 10.6. The Hall–Kier alpha value is -1.77. The van der Waals surface area contributed by atoms with Crippen molar-refractivity contribution in [3.8, 4) is 0 Å². The zero-order valence-corrected chi connectivity index (χ0v) is 11.8. The number of rotatable bonds is 4. The Morgan fingerprint density at radius 2 is 2.05 bits per heavy atom. The lowest BCUT2D eigenvalue weighted by Gasteiger charge is -2.30. The molecule has 104 valence electrons. The number of hydrogen-bond donors (Lipinski definition) is 1. The Bertz CT molecular complexity index is 596. The molecule has 1 aromatic carbocycles. The van der Waals surface area contributed by atoms with E-state index in [1.165, 1.54) is 43.2 Å². The van der Waals surface area contributed by atoms with E-state index in [0.717, 1.165) is 12.5 Å². The molecule has 2 aliphatic carbocycles. The lowest BCUT2D eigenvalue weighted by molar-refractivity contribution is 0.520. The van der Waals surface area contributed by atoms with Crippen LogP contribution in [0, 0.1) is 0 Å². The summed E-state index contributed by atoms with van der Waals surface area (Å²) in [5, 5.41) is 3.56. The Kier molecular flexibility index (Phi) is 2.98. The molecular formula is C17H21N3. The van der Waals surface area contributed by atoms with Crippen molar-refractivity contribution >= 4 is 5.95 Å². The zero-order valence-electron chi connectivity index (χ0n) is 11.8. The highest BCUT2D eigenvalue weighted by Gasteiger charge is 2.26. The van der Waals surface area contributed by atoms with Gasteiger partial charge < -0.3 is 9.88 Å². The van der Waals surface area contributed by atoms with Gasteiger partial charge in [0, 0.05) is 30.9 Å². The second-order valence-corrected chi connectivity index (χ2v) is 6.08. The van der Waals surface area contributed by atoms with Gasteiger partial charge in [0.05, 0.1) is 0 Å². The lowest BCUT2D eigenvalue weighted by Crippen LogP contribution is -2.25. The van der Waals surface area contributed by atoms with E-state index in [4.69, 9.17) is 0 Å². The fraction of sp³-hybridized carbons (Fsp3) is 0.471. The molecule has 0 bridgehead atoms. The molecule has 2 aliphatic rings. The third-order valence-electron chi connectivity index (χ3n) is 4.85. The molecule has 1 N–H and O–H groups in total. The van der Waals surface area contributed by atoms with Crippen molar-refractivity contribution < 1.29 is 0 Å². The maximum atomic E-state index is 4.50. The van der Waals surface area contributed by atoms with Gasteiger partial charge in [-0.1, -0.05) is 37.1 Å². The van der Waals surface area contributed by atoms with Crippen LogP contribution in [0.2, 0.25) is 0 Å². The van der Waals surface area contributed by atoms with Crippen LogP contribution in [0.15, 0.2) is 36.7 Å². The van der Waals surface area contributed by atoms with Crippen LogP contribution in [0.25, 0.3) is 0 Å². The number of imidazole rings is 1. The van der Waals surface area contributed by atoms with E-state index < -0.39 is 0 Å². The standard InChI is InChI=1S/C17H21N3/c1-4-8-16-13(5-1)11-14(16)12-19-17-18-9-10-20(17)15-6-2-3-7-15/h1,4-5,8-10,14-15H,2-3,6-7,11-12H2,(H,18,19). The van der Waals surface area contributed by atoms with E-state index in [9.17, 15) is 0 Å². The number of benzene rings is 1. The molecule has 0 aliphatic heterocycles. The molecule has 4 rings (SSSR count). The van der Waals surface area contributed by atoms with Crippen molar-refractivity contribution in [3.05, 3.63) is 47.8 Å². The maximum absolute atomic E-state index is 4.50. The largest absolute Gasteiger partial charge is 0.355 e. The third-order valence-corrected chi connectivity index (χ3v) is 4.85. The van der Waals surface area contributed by atoms with Crippen LogP contribution in [0.4, 0.5) is 5.95 Å². The van der Waals surface area contributed by atoms with Crippen molar-refractivity contribution in [1.29, 1.82) is 0 Å². The summed E-state index contributed by atoms with van der Waals surface area (Å²) in [7, 11) is 0. The normalized spacial score (nSPS) is 21.5. The molecule has 1 aromatic heterocycles. The predicted octanol–water partition coefficient (Wildman–Crippen LogP) is 3.75. The average Bonchev–Trinajstić information content (AvgIpc) is 3.09. The molecule has 1 atom stereocenters. The Morgan fingerprint density at radius 1 is 1.20 bits per heavy atom. The first-order valence-corrected chi connectivity index (χ1v) is 7.76. The van der Waals surface area contributed by atoms with Crippen molar-refractivity contribution in [2.24, 2.45) is 0 Å². The number of nitrogens with one attached hydrogen (secondary N) is 1. The molecule has 0 spiro atoms. The van der Waals surface area contributed by atoms with Gasteiger partial charge >= 0.3 is 0 Å². The predicted molar refractivity (Wildman–Crippen MR) is 81.1 cm³/mol. The summed E-state index contributed by atoms with van der Waals surface area (Å²) in [5.41, 5.74) is 3.03. The molecule has 1 unspecified atom stereocenters. The monoisotopic (exact) mass is 267 g/mol. The van der Waals surface area contributed by atoms with Gasteiger partial charge in [0.25, 0.3) is 0 Å². The minimum atomic E-state index is 0.653. The Balaban J connectivity index is 1.42. The topological polar surface area (TPSA) is 29.9 Å². The van der Waals surface area contributed by atoms with Gasteiger partial charge in [-0.3, -0.25) is 0 Å². The minimum absolute atomic E-state index is 0.653. The van der Waals surface area contributed by atoms with E-state index in [2.05, 4.69) is 45.3 Å².